The molecule has 1 aromatic rings. The highest BCUT2D eigenvalue weighted by Crippen LogP contribution is 2.18. The molecule has 0 fully saturated rings. The summed E-state index contributed by atoms with van der Waals surface area (Å²) in [5.74, 6) is 0.309. The second-order valence-electron chi connectivity index (χ2n) is 5.48. The molecule has 25 heavy (non-hydrogen) atoms. The molecule has 0 aliphatic heterocycles. The summed E-state index contributed by atoms with van der Waals surface area (Å²) in [5, 5.41) is 8.36. The van der Waals surface area contributed by atoms with Gasteiger partial charge in [-0.05, 0) is 31.0 Å². The van der Waals surface area contributed by atoms with Gasteiger partial charge in [-0.25, -0.2) is 4.99 Å². The highest BCUT2D eigenvalue weighted by molar-refractivity contribution is 5.90. The minimum atomic E-state index is -4.19. The molecule has 8 heteroatoms. The molecule has 0 unspecified atom stereocenters. The van der Waals surface area contributed by atoms with Crippen LogP contribution < -0.4 is 16.0 Å². The molecule has 0 saturated heterocycles. The van der Waals surface area contributed by atoms with Crippen LogP contribution in [0, 0.1) is 0 Å². The maximum absolute atomic E-state index is 12.2. The summed E-state index contributed by atoms with van der Waals surface area (Å²) in [6.45, 7) is 4.43. The van der Waals surface area contributed by atoms with E-state index in [1.165, 1.54) is 0 Å². The number of aliphatic imine (C=N–C) groups is 1. The van der Waals surface area contributed by atoms with Crippen molar-refractivity contribution in [2.45, 2.75) is 45.8 Å². The van der Waals surface area contributed by atoms with Crippen LogP contribution >= 0.6 is 0 Å². The van der Waals surface area contributed by atoms with Crippen LogP contribution in [-0.4, -0.2) is 31.1 Å². The zero-order chi connectivity index (χ0) is 18.7. The minimum Gasteiger partial charge on any atom is -0.357 e. The number of nitrogens with zero attached hydrogens (tertiary/aromatic N) is 1. The summed E-state index contributed by atoms with van der Waals surface area (Å²) in [6.07, 6.45) is -3.85. The molecule has 0 aliphatic rings. The Morgan fingerprint density at radius 2 is 1.80 bits per heavy atom. The van der Waals surface area contributed by atoms with Gasteiger partial charge in [-0.3, -0.25) is 4.79 Å². The maximum Gasteiger partial charge on any atom is 0.390 e. The van der Waals surface area contributed by atoms with Crippen molar-refractivity contribution in [3.05, 3.63) is 29.8 Å². The lowest BCUT2D eigenvalue weighted by Crippen LogP contribution is -2.38. The average molecular weight is 358 g/mol. The van der Waals surface area contributed by atoms with Crippen molar-refractivity contribution in [1.29, 1.82) is 0 Å². The third-order valence-corrected chi connectivity index (χ3v) is 3.18. The number of nitrogens with one attached hydrogen (secondary N) is 3. The average Bonchev–Trinajstić information content (AvgIpc) is 2.53. The summed E-state index contributed by atoms with van der Waals surface area (Å²) in [7, 11) is 0. The third kappa shape index (κ3) is 9.59. The Hall–Kier alpha value is -2.25. The molecule has 1 aromatic carbocycles. The van der Waals surface area contributed by atoms with E-state index in [1.807, 2.05) is 26.0 Å². The summed E-state index contributed by atoms with van der Waals surface area (Å²) in [6, 6.07) is 7.21. The van der Waals surface area contributed by atoms with Gasteiger partial charge in [0.1, 0.15) is 0 Å². The highest BCUT2D eigenvalue weighted by atomic mass is 19.4. The van der Waals surface area contributed by atoms with E-state index in [2.05, 4.69) is 20.9 Å². The van der Waals surface area contributed by atoms with Crippen LogP contribution in [0.1, 0.15) is 38.7 Å². The second-order valence-corrected chi connectivity index (χ2v) is 5.48. The number of hydrogen-bond acceptors (Lipinski definition) is 2. The molecular weight excluding hydrogens is 333 g/mol. The molecule has 0 heterocycles. The van der Waals surface area contributed by atoms with Crippen molar-refractivity contribution in [3.8, 4) is 0 Å². The van der Waals surface area contributed by atoms with Crippen molar-refractivity contribution in [2.75, 3.05) is 18.4 Å². The van der Waals surface area contributed by atoms with Gasteiger partial charge in [0, 0.05) is 25.2 Å². The second kappa shape index (κ2) is 10.6. The first-order valence-electron chi connectivity index (χ1n) is 8.31. The van der Waals surface area contributed by atoms with Gasteiger partial charge in [0.05, 0.1) is 13.0 Å². The molecular formula is C17H25F3N4O. The van der Waals surface area contributed by atoms with Gasteiger partial charge < -0.3 is 16.0 Å². The van der Waals surface area contributed by atoms with Crippen molar-refractivity contribution in [1.82, 2.24) is 10.6 Å². The number of rotatable bonds is 8. The topological polar surface area (TPSA) is 65.5 Å². The summed E-state index contributed by atoms with van der Waals surface area (Å²) < 4.78 is 36.6. The van der Waals surface area contributed by atoms with E-state index in [0.717, 1.165) is 12.0 Å². The van der Waals surface area contributed by atoms with Gasteiger partial charge >= 0.3 is 6.18 Å². The fourth-order valence-electron chi connectivity index (χ4n) is 1.98. The zero-order valence-corrected chi connectivity index (χ0v) is 14.5. The number of carbonyl (C=O) groups is 1. The molecule has 140 valence electrons. The normalized spacial score (nSPS) is 12.0. The molecule has 0 bridgehead atoms. The first-order chi connectivity index (χ1) is 11.8. The van der Waals surface area contributed by atoms with Crippen LogP contribution in [0.5, 0.6) is 0 Å². The Kier molecular flexibility index (Phi) is 8.80. The number of halogens is 3. The Labute approximate surface area is 146 Å². The Balaban J connectivity index is 2.56. The number of hydrogen-bond donors (Lipinski definition) is 3. The van der Waals surface area contributed by atoms with Crippen LogP contribution in [0.2, 0.25) is 0 Å². The van der Waals surface area contributed by atoms with E-state index in [4.69, 9.17) is 0 Å². The summed E-state index contributed by atoms with van der Waals surface area (Å²) >= 11 is 0. The molecule has 1 rings (SSSR count). The Bertz CT molecular complexity index is 556. The Morgan fingerprint density at radius 3 is 2.36 bits per heavy atom. The Morgan fingerprint density at radius 1 is 1.12 bits per heavy atom. The van der Waals surface area contributed by atoms with E-state index in [9.17, 15) is 18.0 Å². The van der Waals surface area contributed by atoms with E-state index >= 15 is 0 Å². The van der Waals surface area contributed by atoms with E-state index in [0.29, 0.717) is 31.2 Å². The van der Waals surface area contributed by atoms with E-state index in [-0.39, 0.29) is 12.5 Å². The summed E-state index contributed by atoms with van der Waals surface area (Å²) in [4.78, 5) is 15.8. The van der Waals surface area contributed by atoms with Gasteiger partial charge in [0.2, 0.25) is 5.91 Å². The number of anilines is 1. The monoisotopic (exact) mass is 358 g/mol. The molecule has 0 saturated carbocycles. The van der Waals surface area contributed by atoms with Gasteiger partial charge in [-0.2, -0.15) is 13.2 Å². The predicted octanol–water partition coefficient (Wildman–Crippen LogP) is 3.43. The van der Waals surface area contributed by atoms with Crippen LogP contribution in [-0.2, 0) is 11.3 Å². The standard InChI is InChI=1S/C17H25F3N4O/c1-3-5-15(25)24-14-8-6-13(7-9-14)12-23-16(21-4-2)22-11-10-17(18,19)20/h6-9H,3-5,10-12H2,1-2H3,(H,24,25)(H2,21,22,23). The van der Waals surface area contributed by atoms with Crippen LogP contribution in [0.4, 0.5) is 18.9 Å². The largest absolute Gasteiger partial charge is 0.390 e. The molecule has 0 atom stereocenters. The zero-order valence-electron chi connectivity index (χ0n) is 14.5. The smallest absolute Gasteiger partial charge is 0.357 e. The van der Waals surface area contributed by atoms with Gasteiger partial charge in [0.25, 0.3) is 0 Å². The quantitative estimate of drug-likeness (QED) is 0.493. The molecule has 0 aliphatic carbocycles. The van der Waals surface area contributed by atoms with Gasteiger partial charge in [-0.15, -0.1) is 0 Å². The fourth-order valence-corrected chi connectivity index (χ4v) is 1.98. The lowest BCUT2D eigenvalue weighted by molar-refractivity contribution is -0.132. The first-order valence-corrected chi connectivity index (χ1v) is 8.31. The molecule has 0 radical (unpaired) electrons. The van der Waals surface area contributed by atoms with Gasteiger partial charge in [0.15, 0.2) is 5.96 Å². The maximum atomic E-state index is 12.2. The number of carbonyl (C=O) groups excluding carboxylic acids is 1. The van der Waals surface area contributed by atoms with Crippen molar-refractivity contribution in [3.63, 3.8) is 0 Å². The highest BCUT2D eigenvalue weighted by Gasteiger charge is 2.26. The van der Waals surface area contributed by atoms with E-state index < -0.39 is 12.6 Å². The SMILES string of the molecule is CCCC(=O)Nc1ccc(CN=C(NCC)NCCC(F)(F)F)cc1. The van der Waals surface area contributed by atoms with Crippen molar-refractivity contribution in [2.24, 2.45) is 4.99 Å². The molecule has 5 nitrogen and oxygen atoms in total. The van der Waals surface area contributed by atoms with Crippen LogP contribution in [0.25, 0.3) is 0 Å². The number of alkyl halides is 3. The van der Waals surface area contributed by atoms with E-state index in [1.54, 1.807) is 12.1 Å². The fraction of sp³-hybridized carbons (Fsp3) is 0.529. The number of benzene rings is 1. The van der Waals surface area contributed by atoms with Crippen LogP contribution in [0.15, 0.2) is 29.3 Å². The first kappa shape index (κ1) is 20.8. The summed E-state index contributed by atoms with van der Waals surface area (Å²) in [5.41, 5.74) is 1.60. The lowest BCUT2D eigenvalue weighted by atomic mass is 10.2. The minimum absolute atomic E-state index is 0.0310. The molecule has 1 amide bonds. The third-order valence-electron chi connectivity index (χ3n) is 3.18. The lowest BCUT2D eigenvalue weighted by Gasteiger charge is -2.12. The van der Waals surface area contributed by atoms with Gasteiger partial charge in [-0.1, -0.05) is 19.1 Å². The number of guanidine groups is 1. The number of amides is 1. The molecule has 3 N–H and O–H groups in total. The van der Waals surface area contributed by atoms with Crippen molar-refractivity contribution >= 4 is 17.6 Å². The predicted molar refractivity (Wildman–Crippen MR) is 93.5 cm³/mol. The van der Waals surface area contributed by atoms with Crippen molar-refractivity contribution < 1.29 is 18.0 Å². The molecule has 0 spiro atoms. The van der Waals surface area contributed by atoms with Crippen LogP contribution in [0.3, 0.4) is 0 Å². The molecule has 0 aromatic heterocycles.